The number of ether oxygens (including phenoxy) is 1. The van der Waals surface area contributed by atoms with Crippen molar-refractivity contribution in [1.29, 1.82) is 0 Å². The molecule has 1 N–H and O–H groups in total. The standard InChI is InChI=1S/C10H15N5O2/c1-2-17-10(16)8-9(12-7-11-8)13-14-15-5-3-4-6-15/h7H,2-6H2,1H3,(H,11,12)/b14-13+. The monoisotopic (exact) mass is 237 g/mol. The van der Waals surface area contributed by atoms with Crippen LogP contribution in [0.2, 0.25) is 0 Å². The first-order valence-electron chi connectivity index (χ1n) is 5.68. The molecule has 1 aliphatic rings. The lowest BCUT2D eigenvalue weighted by Gasteiger charge is -2.06. The van der Waals surface area contributed by atoms with Crippen LogP contribution >= 0.6 is 0 Å². The Labute approximate surface area is 98.9 Å². The number of aromatic nitrogens is 2. The minimum Gasteiger partial charge on any atom is -0.461 e. The molecule has 2 rings (SSSR count). The zero-order valence-corrected chi connectivity index (χ0v) is 9.72. The summed E-state index contributed by atoms with van der Waals surface area (Å²) in [7, 11) is 0. The molecule has 0 radical (unpaired) electrons. The van der Waals surface area contributed by atoms with Gasteiger partial charge in [-0.2, -0.15) is 0 Å². The minimum atomic E-state index is -0.458. The maximum Gasteiger partial charge on any atom is 0.358 e. The second-order valence-electron chi connectivity index (χ2n) is 3.67. The van der Waals surface area contributed by atoms with Crippen LogP contribution in [0.1, 0.15) is 30.3 Å². The summed E-state index contributed by atoms with van der Waals surface area (Å²) in [6.45, 7) is 3.88. The third-order valence-electron chi connectivity index (χ3n) is 2.45. The number of aromatic amines is 1. The number of rotatable bonds is 4. The van der Waals surface area contributed by atoms with Crippen molar-refractivity contribution in [3.63, 3.8) is 0 Å². The van der Waals surface area contributed by atoms with Crippen molar-refractivity contribution in [2.24, 2.45) is 10.3 Å². The van der Waals surface area contributed by atoms with Gasteiger partial charge in [-0.05, 0) is 19.8 Å². The molecule has 7 nitrogen and oxygen atoms in total. The fraction of sp³-hybridized carbons (Fsp3) is 0.600. The van der Waals surface area contributed by atoms with E-state index < -0.39 is 5.97 Å². The van der Waals surface area contributed by atoms with Gasteiger partial charge in [0, 0.05) is 13.1 Å². The molecule has 0 aliphatic carbocycles. The molecule has 92 valence electrons. The lowest BCUT2D eigenvalue weighted by molar-refractivity contribution is 0.0521. The minimum absolute atomic E-state index is 0.245. The SMILES string of the molecule is CCOC(=O)c1[nH]cnc1/N=N/N1CCCC1. The summed E-state index contributed by atoms with van der Waals surface area (Å²) in [6.07, 6.45) is 3.67. The van der Waals surface area contributed by atoms with Crippen molar-refractivity contribution < 1.29 is 9.53 Å². The Balaban J connectivity index is 2.05. The van der Waals surface area contributed by atoms with Crippen LogP contribution in [-0.4, -0.2) is 40.6 Å². The van der Waals surface area contributed by atoms with Gasteiger partial charge in [-0.15, -0.1) is 5.11 Å². The summed E-state index contributed by atoms with van der Waals surface area (Å²) in [5.41, 5.74) is 0.245. The second-order valence-corrected chi connectivity index (χ2v) is 3.67. The van der Waals surface area contributed by atoms with Gasteiger partial charge < -0.3 is 9.72 Å². The Morgan fingerprint density at radius 2 is 2.35 bits per heavy atom. The highest BCUT2D eigenvalue weighted by atomic mass is 16.5. The molecule has 0 saturated carbocycles. The van der Waals surface area contributed by atoms with Crippen LogP contribution in [0.3, 0.4) is 0 Å². The second kappa shape index (κ2) is 5.42. The van der Waals surface area contributed by atoms with Gasteiger partial charge in [-0.25, -0.2) is 9.78 Å². The summed E-state index contributed by atoms with van der Waals surface area (Å²) in [4.78, 5) is 18.2. The quantitative estimate of drug-likeness (QED) is 0.638. The molecule has 0 atom stereocenters. The summed E-state index contributed by atoms with van der Waals surface area (Å²) >= 11 is 0. The number of carbonyl (C=O) groups excluding carboxylic acids is 1. The molecule has 0 amide bonds. The maximum absolute atomic E-state index is 11.5. The molecule has 0 spiro atoms. The number of nitrogens with zero attached hydrogens (tertiary/aromatic N) is 4. The van der Waals surface area contributed by atoms with E-state index in [4.69, 9.17) is 4.74 Å². The number of H-pyrrole nitrogens is 1. The largest absolute Gasteiger partial charge is 0.461 e. The topological polar surface area (TPSA) is 82.9 Å². The van der Waals surface area contributed by atoms with E-state index in [1.165, 1.54) is 6.33 Å². The molecule has 1 saturated heterocycles. The van der Waals surface area contributed by atoms with E-state index in [1.54, 1.807) is 6.92 Å². The maximum atomic E-state index is 11.5. The van der Waals surface area contributed by atoms with E-state index in [0.717, 1.165) is 25.9 Å². The van der Waals surface area contributed by atoms with E-state index in [0.29, 0.717) is 6.61 Å². The number of hydrogen-bond acceptors (Lipinski definition) is 5. The number of nitrogens with one attached hydrogen (secondary N) is 1. The molecule has 1 aromatic heterocycles. The van der Waals surface area contributed by atoms with Crippen LogP contribution in [-0.2, 0) is 4.74 Å². The van der Waals surface area contributed by atoms with Crippen LogP contribution in [0.5, 0.6) is 0 Å². The number of carbonyl (C=O) groups is 1. The van der Waals surface area contributed by atoms with Crippen molar-refractivity contribution in [2.75, 3.05) is 19.7 Å². The third kappa shape index (κ3) is 2.80. The molecule has 7 heteroatoms. The van der Waals surface area contributed by atoms with Crippen LogP contribution in [0, 0.1) is 0 Å². The number of imidazole rings is 1. The summed E-state index contributed by atoms with van der Waals surface area (Å²) in [6, 6.07) is 0. The normalized spacial score (nSPS) is 15.7. The molecule has 0 unspecified atom stereocenters. The van der Waals surface area contributed by atoms with Crippen molar-refractivity contribution >= 4 is 11.8 Å². The average Bonchev–Trinajstić information content (AvgIpc) is 2.98. The van der Waals surface area contributed by atoms with Crippen LogP contribution in [0.15, 0.2) is 16.7 Å². The van der Waals surface area contributed by atoms with Gasteiger partial charge in [-0.1, -0.05) is 5.22 Å². The molecular formula is C10H15N5O2. The molecule has 17 heavy (non-hydrogen) atoms. The summed E-state index contributed by atoms with van der Waals surface area (Å²) in [5, 5.41) is 9.86. The Morgan fingerprint density at radius 3 is 3.06 bits per heavy atom. The van der Waals surface area contributed by atoms with E-state index in [-0.39, 0.29) is 11.5 Å². The predicted molar refractivity (Wildman–Crippen MR) is 59.9 cm³/mol. The predicted octanol–water partition coefficient (Wildman–Crippen LogP) is 1.68. The molecule has 0 aromatic carbocycles. The van der Waals surface area contributed by atoms with Crippen molar-refractivity contribution in [3.05, 3.63) is 12.0 Å². The zero-order valence-electron chi connectivity index (χ0n) is 9.72. The lowest BCUT2D eigenvalue weighted by Crippen LogP contribution is -2.10. The number of hydrogen-bond donors (Lipinski definition) is 1. The Kier molecular flexibility index (Phi) is 3.69. The average molecular weight is 237 g/mol. The molecule has 0 bridgehead atoms. The third-order valence-corrected chi connectivity index (χ3v) is 2.45. The van der Waals surface area contributed by atoms with Crippen LogP contribution < -0.4 is 0 Å². The van der Waals surface area contributed by atoms with Gasteiger partial charge in [0.2, 0.25) is 5.82 Å². The summed E-state index contributed by atoms with van der Waals surface area (Å²) < 4.78 is 4.87. The van der Waals surface area contributed by atoms with E-state index in [9.17, 15) is 4.79 Å². The first kappa shape index (κ1) is 11.6. The first-order chi connectivity index (χ1) is 8.31. The van der Waals surface area contributed by atoms with Gasteiger partial charge in [0.25, 0.3) is 0 Å². The lowest BCUT2D eigenvalue weighted by atomic mass is 10.4. The summed E-state index contributed by atoms with van der Waals surface area (Å²) in [5.74, 6) is -0.185. The number of esters is 1. The molecule has 1 aliphatic heterocycles. The van der Waals surface area contributed by atoms with E-state index >= 15 is 0 Å². The Hall–Kier alpha value is -1.92. The van der Waals surface area contributed by atoms with Crippen molar-refractivity contribution in [1.82, 2.24) is 15.0 Å². The van der Waals surface area contributed by atoms with Crippen LogP contribution in [0.4, 0.5) is 5.82 Å². The molecule has 1 aromatic rings. The first-order valence-corrected chi connectivity index (χ1v) is 5.68. The van der Waals surface area contributed by atoms with Crippen molar-refractivity contribution in [3.8, 4) is 0 Å². The van der Waals surface area contributed by atoms with E-state index in [1.807, 2.05) is 5.01 Å². The highest BCUT2D eigenvalue weighted by Gasteiger charge is 2.16. The smallest absolute Gasteiger partial charge is 0.358 e. The van der Waals surface area contributed by atoms with E-state index in [2.05, 4.69) is 20.3 Å². The molecular weight excluding hydrogens is 222 g/mol. The Morgan fingerprint density at radius 1 is 1.59 bits per heavy atom. The molecule has 2 heterocycles. The van der Waals surface area contributed by atoms with Gasteiger partial charge in [-0.3, -0.25) is 5.01 Å². The highest BCUT2D eigenvalue weighted by molar-refractivity contribution is 5.91. The fourth-order valence-electron chi connectivity index (χ4n) is 1.61. The van der Waals surface area contributed by atoms with Gasteiger partial charge >= 0.3 is 5.97 Å². The van der Waals surface area contributed by atoms with Gasteiger partial charge in [0.05, 0.1) is 12.9 Å². The van der Waals surface area contributed by atoms with Gasteiger partial charge in [0.1, 0.15) is 0 Å². The van der Waals surface area contributed by atoms with Crippen molar-refractivity contribution in [2.45, 2.75) is 19.8 Å². The molecule has 1 fully saturated rings. The Bertz CT molecular complexity index is 409. The van der Waals surface area contributed by atoms with Gasteiger partial charge in [0.15, 0.2) is 5.69 Å². The highest BCUT2D eigenvalue weighted by Crippen LogP contribution is 2.17. The zero-order chi connectivity index (χ0) is 12.1. The fourth-order valence-corrected chi connectivity index (χ4v) is 1.61. The van der Waals surface area contributed by atoms with Crippen LogP contribution in [0.25, 0.3) is 0 Å².